The van der Waals surface area contributed by atoms with Crippen LogP contribution in [0.4, 0.5) is 0 Å². The molecule has 2 saturated heterocycles. The van der Waals surface area contributed by atoms with Crippen LogP contribution in [0.1, 0.15) is 53.4 Å². The summed E-state index contributed by atoms with van der Waals surface area (Å²) in [6, 6.07) is 0.605. The van der Waals surface area contributed by atoms with Crippen molar-refractivity contribution in [3.63, 3.8) is 0 Å². The summed E-state index contributed by atoms with van der Waals surface area (Å²) in [6.45, 7) is 14.6. The molecular weight excluding hydrogens is 220 g/mol. The Balaban J connectivity index is 2.11. The Morgan fingerprint density at radius 1 is 1.00 bits per heavy atom. The molecule has 2 rings (SSSR count). The Kier molecular flexibility index (Phi) is 4.50. The molecule has 0 amide bonds. The van der Waals surface area contributed by atoms with Crippen molar-refractivity contribution in [2.24, 2.45) is 0 Å². The molecule has 2 heterocycles. The highest BCUT2D eigenvalue weighted by atomic mass is 15.2. The predicted molar refractivity (Wildman–Crippen MR) is 78.9 cm³/mol. The second kappa shape index (κ2) is 5.75. The van der Waals surface area contributed by atoms with Crippen molar-refractivity contribution in [1.82, 2.24) is 9.80 Å². The molecule has 0 radical (unpaired) electrons. The molecule has 0 saturated carbocycles. The Labute approximate surface area is 113 Å². The van der Waals surface area contributed by atoms with E-state index in [1.54, 1.807) is 5.57 Å². The van der Waals surface area contributed by atoms with E-state index in [-0.39, 0.29) is 5.54 Å². The van der Waals surface area contributed by atoms with Gasteiger partial charge in [-0.1, -0.05) is 6.08 Å². The highest BCUT2D eigenvalue weighted by Crippen LogP contribution is 2.32. The van der Waals surface area contributed by atoms with Gasteiger partial charge in [-0.05, 0) is 85.1 Å². The average Bonchev–Trinajstić information content (AvgIpc) is 3.03. The molecule has 2 fully saturated rings. The predicted octanol–water partition coefficient (Wildman–Crippen LogP) is 3.29. The van der Waals surface area contributed by atoms with Gasteiger partial charge in [0.2, 0.25) is 0 Å². The minimum atomic E-state index is 0.229. The summed E-state index contributed by atoms with van der Waals surface area (Å²) < 4.78 is 0. The van der Waals surface area contributed by atoms with Gasteiger partial charge in [0.1, 0.15) is 0 Å². The number of nitrogens with zero attached hydrogens (tertiary/aromatic N) is 2. The van der Waals surface area contributed by atoms with Gasteiger partial charge in [0.15, 0.2) is 0 Å². The monoisotopic (exact) mass is 250 g/mol. The lowest BCUT2D eigenvalue weighted by Gasteiger charge is -2.42. The number of hydrogen-bond donors (Lipinski definition) is 0. The SMILES string of the molecule is CC=C(C(C)N1CCCC1)C(C)(C)N1CCCC1. The summed E-state index contributed by atoms with van der Waals surface area (Å²) in [5, 5.41) is 0. The Morgan fingerprint density at radius 3 is 2.00 bits per heavy atom. The molecule has 18 heavy (non-hydrogen) atoms. The van der Waals surface area contributed by atoms with E-state index in [1.807, 2.05) is 0 Å². The van der Waals surface area contributed by atoms with Crippen molar-refractivity contribution < 1.29 is 0 Å². The summed E-state index contributed by atoms with van der Waals surface area (Å²) in [5.74, 6) is 0. The third kappa shape index (κ3) is 2.65. The summed E-state index contributed by atoms with van der Waals surface area (Å²) in [7, 11) is 0. The molecule has 2 aliphatic heterocycles. The zero-order valence-electron chi connectivity index (χ0n) is 12.7. The topological polar surface area (TPSA) is 6.48 Å². The van der Waals surface area contributed by atoms with E-state index >= 15 is 0 Å². The van der Waals surface area contributed by atoms with Gasteiger partial charge in [-0.2, -0.15) is 0 Å². The van der Waals surface area contributed by atoms with E-state index < -0.39 is 0 Å². The third-order valence-corrected chi connectivity index (χ3v) is 5.05. The third-order valence-electron chi connectivity index (χ3n) is 5.05. The summed E-state index contributed by atoms with van der Waals surface area (Å²) in [5.41, 5.74) is 1.85. The van der Waals surface area contributed by atoms with Crippen LogP contribution in [0.3, 0.4) is 0 Å². The van der Waals surface area contributed by atoms with Crippen LogP contribution in [-0.2, 0) is 0 Å². The van der Waals surface area contributed by atoms with E-state index in [0.717, 1.165) is 0 Å². The van der Waals surface area contributed by atoms with Crippen molar-refractivity contribution in [3.8, 4) is 0 Å². The van der Waals surface area contributed by atoms with E-state index in [2.05, 4.69) is 43.6 Å². The molecule has 2 heteroatoms. The van der Waals surface area contributed by atoms with Gasteiger partial charge >= 0.3 is 0 Å². The maximum absolute atomic E-state index is 2.68. The van der Waals surface area contributed by atoms with E-state index in [0.29, 0.717) is 6.04 Å². The minimum absolute atomic E-state index is 0.229. The maximum Gasteiger partial charge on any atom is 0.0379 e. The van der Waals surface area contributed by atoms with Gasteiger partial charge in [-0.3, -0.25) is 9.80 Å². The van der Waals surface area contributed by atoms with Crippen LogP contribution in [0, 0.1) is 0 Å². The van der Waals surface area contributed by atoms with Crippen LogP contribution in [0.5, 0.6) is 0 Å². The second-order valence-corrected chi connectivity index (χ2v) is 6.42. The number of hydrogen-bond acceptors (Lipinski definition) is 2. The molecule has 0 spiro atoms. The fraction of sp³-hybridized carbons (Fsp3) is 0.875. The normalized spacial score (nSPS) is 25.9. The first-order valence-corrected chi connectivity index (χ1v) is 7.73. The van der Waals surface area contributed by atoms with E-state index in [4.69, 9.17) is 0 Å². The highest BCUT2D eigenvalue weighted by Gasteiger charge is 2.36. The molecule has 0 N–H and O–H groups in total. The molecule has 1 atom stereocenters. The van der Waals surface area contributed by atoms with Gasteiger partial charge in [0.05, 0.1) is 0 Å². The Hall–Kier alpha value is -0.340. The first-order valence-electron chi connectivity index (χ1n) is 7.73. The molecule has 2 nitrogen and oxygen atoms in total. The van der Waals surface area contributed by atoms with Crippen molar-refractivity contribution in [2.45, 2.75) is 65.0 Å². The van der Waals surface area contributed by atoms with Gasteiger partial charge in [-0.25, -0.2) is 0 Å². The van der Waals surface area contributed by atoms with Crippen LogP contribution in [-0.4, -0.2) is 47.6 Å². The molecule has 0 aromatic rings. The van der Waals surface area contributed by atoms with Crippen molar-refractivity contribution >= 4 is 0 Å². The van der Waals surface area contributed by atoms with Crippen LogP contribution < -0.4 is 0 Å². The standard InChI is InChI=1S/C16H30N2/c1-5-15(14(2)17-10-6-7-11-17)16(3,4)18-12-8-9-13-18/h5,14H,6-13H2,1-4H3. The Morgan fingerprint density at radius 2 is 1.50 bits per heavy atom. The fourth-order valence-corrected chi connectivity index (χ4v) is 3.89. The van der Waals surface area contributed by atoms with Crippen LogP contribution >= 0.6 is 0 Å². The zero-order chi connectivity index (χ0) is 13.2. The van der Waals surface area contributed by atoms with Gasteiger partial charge in [0.25, 0.3) is 0 Å². The zero-order valence-corrected chi connectivity index (χ0v) is 12.7. The van der Waals surface area contributed by atoms with Crippen LogP contribution in [0.2, 0.25) is 0 Å². The summed E-state index contributed by atoms with van der Waals surface area (Å²) >= 11 is 0. The van der Waals surface area contributed by atoms with Gasteiger partial charge in [-0.15, -0.1) is 0 Å². The maximum atomic E-state index is 2.68. The smallest absolute Gasteiger partial charge is 0.0379 e. The fourth-order valence-electron chi connectivity index (χ4n) is 3.89. The quantitative estimate of drug-likeness (QED) is 0.706. The van der Waals surface area contributed by atoms with Crippen molar-refractivity contribution in [2.75, 3.05) is 26.2 Å². The average molecular weight is 250 g/mol. The largest absolute Gasteiger partial charge is 0.297 e. The molecule has 0 aliphatic carbocycles. The minimum Gasteiger partial charge on any atom is -0.297 e. The van der Waals surface area contributed by atoms with E-state index in [1.165, 1.54) is 51.9 Å². The van der Waals surface area contributed by atoms with Crippen LogP contribution in [0.25, 0.3) is 0 Å². The van der Waals surface area contributed by atoms with Crippen molar-refractivity contribution in [3.05, 3.63) is 11.6 Å². The molecule has 2 aliphatic rings. The number of rotatable bonds is 4. The molecule has 0 aromatic carbocycles. The lowest BCUT2D eigenvalue weighted by Crippen LogP contribution is -2.49. The molecule has 0 aromatic heterocycles. The second-order valence-electron chi connectivity index (χ2n) is 6.42. The highest BCUT2D eigenvalue weighted by molar-refractivity contribution is 5.23. The van der Waals surface area contributed by atoms with E-state index in [9.17, 15) is 0 Å². The number of likely N-dealkylation sites (tertiary alicyclic amines) is 2. The lowest BCUT2D eigenvalue weighted by molar-refractivity contribution is 0.161. The summed E-state index contributed by atoms with van der Waals surface area (Å²) in [6.07, 6.45) is 7.88. The molecule has 0 bridgehead atoms. The molecular formula is C16H30N2. The first-order chi connectivity index (χ1) is 8.57. The number of allylic oxidation sites excluding steroid dienone is 1. The molecule has 104 valence electrons. The van der Waals surface area contributed by atoms with Gasteiger partial charge in [0, 0.05) is 11.6 Å². The van der Waals surface area contributed by atoms with Crippen LogP contribution in [0.15, 0.2) is 11.6 Å². The van der Waals surface area contributed by atoms with Gasteiger partial charge < -0.3 is 0 Å². The van der Waals surface area contributed by atoms with Crippen molar-refractivity contribution in [1.29, 1.82) is 0 Å². The molecule has 1 unspecified atom stereocenters. The first kappa shape index (κ1) is 14.1. The summed E-state index contributed by atoms with van der Waals surface area (Å²) in [4.78, 5) is 5.34. The lowest BCUT2D eigenvalue weighted by atomic mass is 9.86. The Bertz CT molecular complexity index is 294.